The Bertz CT molecular complexity index is 1190. The van der Waals surface area contributed by atoms with Crippen LogP contribution >= 0.6 is 0 Å². The summed E-state index contributed by atoms with van der Waals surface area (Å²) in [5.41, 5.74) is 8.91. The molecule has 0 fully saturated rings. The fourth-order valence-electron chi connectivity index (χ4n) is 4.18. The lowest BCUT2D eigenvalue weighted by Gasteiger charge is -2.19. The van der Waals surface area contributed by atoms with Crippen molar-refractivity contribution in [3.8, 4) is 11.5 Å². The second-order valence-corrected chi connectivity index (χ2v) is 9.93. The maximum atomic E-state index is 12.2. The van der Waals surface area contributed by atoms with E-state index >= 15 is 0 Å². The van der Waals surface area contributed by atoms with Gasteiger partial charge in [-0.25, -0.2) is 0 Å². The molecule has 3 rings (SSSR count). The van der Waals surface area contributed by atoms with Crippen LogP contribution < -0.4 is 31.2 Å². The fraction of sp³-hybridized carbons (Fsp3) is 0.375. The van der Waals surface area contributed by atoms with Gasteiger partial charge in [0.2, 0.25) is 6.41 Å². The maximum Gasteiger partial charge on any atom is 0.257 e. The summed E-state index contributed by atoms with van der Waals surface area (Å²) < 4.78 is 11.5. The van der Waals surface area contributed by atoms with E-state index in [1.807, 2.05) is 61.5 Å². The topological polar surface area (TPSA) is 135 Å². The summed E-state index contributed by atoms with van der Waals surface area (Å²) in [5, 5.41) is 19.5. The molecule has 0 bridgehead atoms. The Hall–Kier alpha value is -3.92. The molecule has 6 N–H and O–H groups in total. The Morgan fingerprint density at radius 2 is 1.78 bits per heavy atom. The number of anilines is 1. The highest BCUT2D eigenvalue weighted by Crippen LogP contribution is 2.29. The molecule has 9 nitrogen and oxygen atoms in total. The monoisotopic (exact) mass is 562 g/mol. The van der Waals surface area contributed by atoms with Gasteiger partial charge in [0.1, 0.15) is 18.1 Å². The van der Waals surface area contributed by atoms with Crippen molar-refractivity contribution < 1.29 is 24.2 Å². The Balaban J connectivity index is 1.35. The van der Waals surface area contributed by atoms with Crippen LogP contribution in [-0.2, 0) is 22.6 Å². The number of amides is 2. The number of aliphatic hydroxyl groups excluding tert-OH is 1. The molecule has 0 aliphatic rings. The van der Waals surface area contributed by atoms with Crippen molar-refractivity contribution in [2.75, 3.05) is 31.6 Å². The van der Waals surface area contributed by atoms with Gasteiger partial charge < -0.3 is 36.3 Å². The summed E-state index contributed by atoms with van der Waals surface area (Å²) >= 11 is 0. The summed E-state index contributed by atoms with van der Waals surface area (Å²) in [6.45, 7) is 3.80. The van der Waals surface area contributed by atoms with Crippen molar-refractivity contribution in [2.24, 2.45) is 5.73 Å². The van der Waals surface area contributed by atoms with Crippen LogP contribution in [0.15, 0.2) is 72.8 Å². The molecule has 0 saturated heterocycles. The molecular weight excluding hydrogens is 520 g/mol. The number of carbonyl (C=O) groups excluding carboxylic acids is 2. The minimum Gasteiger partial charge on any atom is -0.487 e. The van der Waals surface area contributed by atoms with Crippen LogP contribution in [0.25, 0.3) is 0 Å². The molecule has 0 aliphatic carbocycles. The second-order valence-electron chi connectivity index (χ2n) is 9.93. The Kier molecular flexibility index (Phi) is 13.6. The van der Waals surface area contributed by atoms with E-state index in [1.165, 1.54) is 5.56 Å². The number of aliphatic hydroxyl groups is 1. The molecule has 220 valence electrons. The molecule has 9 heteroatoms. The SMILES string of the molecule is CC(CCNC(=O)COc1ccc(CCCCN)cc1)NC[C@H](O)c1ccc(OCc2ccccc2)c(NC=O)c1. The van der Waals surface area contributed by atoms with Crippen molar-refractivity contribution >= 4 is 18.0 Å². The van der Waals surface area contributed by atoms with Crippen molar-refractivity contribution in [1.82, 2.24) is 10.6 Å². The Morgan fingerprint density at radius 3 is 2.51 bits per heavy atom. The molecule has 41 heavy (non-hydrogen) atoms. The summed E-state index contributed by atoms with van der Waals surface area (Å²) in [6.07, 6.45) is 3.53. The average Bonchev–Trinajstić information content (AvgIpc) is 2.99. The lowest BCUT2D eigenvalue weighted by atomic mass is 10.1. The minimum atomic E-state index is -0.789. The number of hydrogen-bond acceptors (Lipinski definition) is 7. The molecule has 0 heterocycles. The minimum absolute atomic E-state index is 0.0464. The second kappa shape index (κ2) is 17.7. The van der Waals surface area contributed by atoms with Crippen molar-refractivity contribution in [3.05, 3.63) is 89.5 Å². The molecule has 3 aromatic carbocycles. The molecule has 2 amide bonds. The van der Waals surface area contributed by atoms with E-state index in [1.54, 1.807) is 18.2 Å². The highest BCUT2D eigenvalue weighted by Gasteiger charge is 2.14. The summed E-state index contributed by atoms with van der Waals surface area (Å²) in [4.78, 5) is 23.3. The van der Waals surface area contributed by atoms with Crippen molar-refractivity contribution in [2.45, 2.75) is 51.4 Å². The number of unbranched alkanes of at least 4 members (excludes halogenated alkanes) is 1. The number of benzene rings is 3. The number of nitrogens with one attached hydrogen (secondary N) is 3. The van der Waals surface area contributed by atoms with Gasteiger partial charge in [0.15, 0.2) is 6.61 Å². The van der Waals surface area contributed by atoms with Gasteiger partial charge >= 0.3 is 0 Å². The Morgan fingerprint density at radius 1 is 1.00 bits per heavy atom. The van der Waals surface area contributed by atoms with E-state index in [0.29, 0.717) is 61.8 Å². The normalized spacial score (nSPS) is 12.3. The maximum absolute atomic E-state index is 12.2. The summed E-state index contributed by atoms with van der Waals surface area (Å²) in [7, 11) is 0. The molecule has 0 aromatic heterocycles. The van der Waals surface area contributed by atoms with Crippen LogP contribution in [0, 0.1) is 0 Å². The lowest BCUT2D eigenvalue weighted by molar-refractivity contribution is -0.123. The van der Waals surface area contributed by atoms with Crippen LogP contribution in [0.5, 0.6) is 11.5 Å². The van der Waals surface area contributed by atoms with Gasteiger partial charge in [-0.3, -0.25) is 9.59 Å². The lowest BCUT2D eigenvalue weighted by Crippen LogP contribution is -2.36. The predicted octanol–water partition coefficient (Wildman–Crippen LogP) is 3.71. The quantitative estimate of drug-likeness (QED) is 0.111. The van der Waals surface area contributed by atoms with Crippen molar-refractivity contribution in [3.63, 3.8) is 0 Å². The third-order valence-corrected chi connectivity index (χ3v) is 6.61. The molecule has 0 spiro atoms. The number of ether oxygens (including phenoxy) is 2. The van der Waals surface area contributed by atoms with E-state index in [2.05, 4.69) is 16.0 Å². The van der Waals surface area contributed by atoms with Gasteiger partial charge in [-0.1, -0.05) is 48.5 Å². The number of rotatable bonds is 19. The highest BCUT2D eigenvalue weighted by atomic mass is 16.5. The third kappa shape index (κ3) is 11.6. The first kappa shape index (κ1) is 31.6. The average molecular weight is 563 g/mol. The standard InChI is InChI=1S/C32H42N4O5/c1-24(16-18-34-32(39)22-40-28-13-10-25(11-14-28)7-5-6-17-33)35-20-30(38)27-12-15-31(29(19-27)36-23-37)41-21-26-8-3-2-4-9-26/h2-4,8-15,19,23-24,30,35,38H,5-7,16-18,20-22,33H2,1H3,(H,34,39)(H,36,37)/t24?,30-/m0/s1. The first-order valence-electron chi connectivity index (χ1n) is 14.1. The zero-order valence-electron chi connectivity index (χ0n) is 23.7. The van der Waals surface area contributed by atoms with E-state index in [9.17, 15) is 14.7 Å². The number of carbonyl (C=O) groups is 2. The van der Waals surface area contributed by atoms with Gasteiger partial charge in [0, 0.05) is 19.1 Å². The van der Waals surface area contributed by atoms with Gasteiger partial charge in [-0.15, -0.1) is 0 Å². The number of hydrogen-bond donors (Lipinski definition) is 5. The zero-order valence-corrected chi connectivity index (χ0v) is 23.7. The van der Waals surface area contributed by atoms with Gasteiger partial charge in [0.05, 0.1) is 11.8 Å². The van der Waals surface area contributed by atoms with E-state index in [4.69, 9.17) is 15.2 Å². The number of aryl methyl sites for hydroxylation is 1. The first-order chi connectivity index (χ1) is 20.0. The first-order valence-corrected chi connectivity index (χ1v) is 14.1. The molecule has 0 radical (unpaired) electrons. The van der Waals surface area contributed by atoms with E-state index < -0.39 is 6.10 Å². The van der Waals surface area contributed by atoms with Crippen LogP contribution in [0.3, 0.4) is 0 Å². The van der Waals surface area contributed by atoms with Crippen LogP contribution in [0.4, 0.5) is 5.69 Å². The molecule has 1 unspecified atom stereocenters. The zero-order chi connectivity index (χ0) is 29.3. The van der Waals surface area contributed by atoms with Gasteiger partial charge in [0.25, 0.3) is 5.91 Å². The molecule has 3 aromatic rings. The van der Waals surface area contributed by atoms with Gasteiger partial charge in [-0.2, -0.15) is 0 Å². The van der Waals surface area contributed by atoms with Crippen molar-refractivity contribution in [1.29, 1.82) is 0 Å². The highest BCUT2D eigenvalue weighted by molar-refractivity contribution is 5.77. The fourth-order valence-corrected chi connectivity index (χ4v) is 4.18. The van der Waals surface area contributed by atoms with E-state index in [0.717, 1.165) is 24.8 Å². The number of nitrogens with two attached hydrogens (primary N) is 1. The van der Waals surface area contributed by atoms with Crippen LogP contribution in [0.2, 0.25) is 0 Å². The smallest absolute Gasteiger partial charge is 0.257 e. The molecule has 0 saturated carbocycles. The van der Waals surface area contributed by atoms with Crippen LogP contribution in [0.1, 0.15) is 49.0 Å². The largest absolute Gasteiger partial charge is 0.487 e. The summed E-state index contributed by atoms with van der Waals surface area (Å²) in [6, 6.07) is 22.8. The van der Waals surface area contributed by atoms with Gasteiger partial charge in [-0.05, 0) is 80.1 Å². The van der Waals surface area contributed by atoms with Crippen LogP contribution in [-0.4, -0.2) is 49.7 Å². The predicted molar refractivity (Wildman–Crippen MR) is 161 cm³/mol. The summed E-state index contributed by atoms with van der Waals surface area (Å²) in [5.74, 6) is 0.997. The molecule has 2 atom stereocenters. The Labute approximate surface area is 242 Å². The molecular formula is C32H42N4O5. The third-order valence-electron chi connectivity index (χ3n) is 6.61. The molecule has 0 aliphatic heterocycles. The van der Waals surface area contributed by atoms with E-state index in [-0.39, 0.29) is 18.6 Å².